The number of halogens is 1. The lowest BCUT2D eigenvalue weighted by Gasteiger charge is -2.38. The smallest absolute Gasteiger partial charge is 0.307 e. The van der Waals surface area contributed by atoms with Crippen LogP contribution in [-0.2, 0) is 4.79 Å². The first-order chi connectivity index (χ1) is 13.1. The number of rotatable bonds is 4. The number of benzene rings is 2. The van der Waals surface area contributed by atoms with Crippen LogP contribution < -0.4 is 0 Å². The van der Waals surface area contributed by atoms with E-state index >= 15 is 0 Å². The predicted octanol–water partition coefficient (Wildman–Crippen LogP) is 4.26. The quantitative estimate of drug-likeness (QED) is 0.752. The zero-order valence-electron chi connectivity index (χ0n) is 14.9. The summed E-state index contributed by atoms with van der Waals surface area (Å²) in [5.41, 5.74) is 2.92. The first-order valence-electron chi connectivity index (χ1n) is 9.19. The van der Waals surface area contributed by atoms with Crippen LogP contribution in [-0.4, -0.2) is 34.0 Å². The van der Waals surface area contributed by atoms with E-state index in [0.29, 0.717) is 13.0 Å². The Morgan fingerprint density at radius 3 is 2.70 bits per heavy atom. The molecular formula is C22H21FN2O2. The van der Waals surface area contributed by atoms with Crippen LogP contribution in [0.15, 0.2) is 60.8 Å². The van der Waals surface area contributed by atoms with Gasteiger partial charge in [0.05, 0.1) is 17.5 Å². The molecule has 0 aliphatic carbocycles. The maximum Gasteiger partial charge on any atom is 0.307 e. The summed E-state index contributed by atoms with van der Waals surface area (Å²) in [4.78, 5) is 18.2. The van der Waals surface area contributed by atoms with Gasteiger partial charge >= 0.3 is 5.97 Å². The third kappa shape index (κ3) is 3.55. The minimum atomic E-state index is -0.753. The monoisotopic (exact) mass is 364 g/mol. The third-order valence-corrected chi connectivity index (χ3v) is 5.33. The van der Waals surface area contributed by atoms with E-state index in [2.05, 4.69) is 9.88 Å². The Bertz CT molecular complexity index is 953. The lowest BCUT2D eigenvalue weighted by Crippen LogP contribution is -2.41. The van der Waals surface area contributed by atoms with Gasteiger partial charge in [0.25, 0.3) is 0 Å². The van der Waals surface area contributed by atoms with Crippen molar-refractivity contribution in [2.24, 2.45) is 5.92 Å². The van der Waals surface area contributed by atoms with Crippen molar-refractivity contribution in [3.63, 3.8) is 0 Å². The second kappa shape index (κ2) is 7.45. The highest BCUT2D eigenvalue weighted by Crippen LogP contribution is 2.35. The molecule has 2 unspecified atom stereocenters. The topological polar surface area (TPSA) is 53.4 Å². The number of aliphatic carboxylic acids is 1. The number of para-hydroxylation sites is 1. The molecule has 1 aliphatic heterocycles. The highest BCUT2D eigenvalue weighted by atomic mass is 19.1. The summed E-state index contributed by atoms with van der Waals surface area (Å²) in [7, 11) is 0. The number of aromatic nitrogens is 1. The lowest BCUT2D eigenvalue weighted by molar-refractivity contribution is -0.143. The second-order valence-electron chi connectivity index (χ2n) is 7.04. The lowest BCUT2D eigenvalue weighted by atomic mass is 9.90. The number of hydrogen-bond donors (Lipinski definition) is 1. The van der Waals surface area contributed by atoms with Crippen molar-refractivity contribution in [2.45, 2.75) is 18.9 Å². The Balaban J connectivity index is 1.83. The largest absolute Gasteiger partial charge is 0.481 e. The number of carbonyl (C=O) groups is 1. The van der Waals surface area contributed by atoms with Crippen LogP contribution in [0.4, 0.5) is 4.39 Å². The van der Waals surface area contributed by atoms with E-state index in [1.807, 2.05) is 30.3 Å². The Morgan fingerprint density at radius 2 is 1.93 bits per heavy atom. The standard InChI is InChI=1S/C22H21FN2O2/c23-17-9-7-15(8-10-17)21(25-13-3-4-16(14-25)22(26)27)19-11-12-24-20-6-2-1-5-18(19)20/h1-2,5-12,16,21H,3-4,13-14H2,(H,26,27). The van der Waals surface area contributed by atoms with Crippen LogP contribution in [0.5, 0.6) is 0 Å². The van der Waals surface area contributed by atoms with Crippen molar-refractivity contribution in [1.29, 1.82) is 0 Å². The zero-order chi connectivity index (χ0) is 18.8. The molecule has 4 rings (SSSR count). The molecule has 4 nitrogen and oxygen atoms in total. The third-order valence-electron chi connectivity index (χ3n) is 5.33. The zero-order valence-corrected chi connectivity index (χ0v) is 14.9. The van der Waals surface area contributed by atoms with E-state index in [1.165, 1.54) is 12.1 Å². The summed E-state index contributed by atoms with van der Waals surface area (Å²) in [5.74, 6) is -1.41. The van der Waals surface area contributed by atoms with Gasteiger partial charge in [-0.1, -0.05) is 30.3 Å². The van der Waals surface area contributed by atoms with Crippen LogP contribution in [0, 0.1) is 11.7 Å². The van der Waals surface area contributed by atoms with Gasteiger partial charge in [0.2, 0.25) is 0 Å². The van der Waals surface area contributed by atoms with Gasteiger partial charge in [0.15, 0.2) is 0 Å². The van der Waals surface area contributed by atoms with E-state index in [0.717, 1.165) is 35.0 Å². The Morgan fingerprint density at radius 1 is 1.15 bits per heavy atom. The number of nitrogens with zero attached hydrogens (tertiary/aromatic N) is 2. The van der Waals surface area contributed by atoms with Gasteiger partial charge in [-0.25, -0.2) is 4.39 Å². The summed E-state index contributed by atoms with van der Waals surface area (Å²) in [6.07, 6.45) is 3.31. The predicted molar refractivity (Wildman–Crippen MR) is 102 cm³/mol. The van der Waals surface area contributed by atoms with E-state index in [-0.39, 0.29) is 17.8 Å². The fourth-order valence-corrected chi connectivity index (χ4v) is 4.03. The maximum absolute atomic E-state index is 13.5. The van der Waals surface area contributed by atoms with Gasteiger partial charge in [0.1, 0.15) is 5.82 Å². The highest BCUT2D eigenvalue weighted by molar-refractivity contribution is 5.82. The first kappa shape index (κ1) is 17.6. The van der Waals surface area contributed by atoms with Crippen LogP contribution in [0.2, 0.25) is 0 Å². The molecule has 1 N–H and O–H groups in total. The van der Waals surface area contributed by atoms with Gasteiger partial charge < -0.3 is 5.11 Å². The maximum atomic E-state index is 13.5. The summed E-state index contributed by atoms with van der Waals surface area (Å²) in [6.45, 7) is 1.29. The van der Waals surface area contributed by atoms with Crippen molar-refractivity contribution in [1.82, 2.24) is 9.88 Å². The molecule has 27 heavy (non-hydrogen) atoms. The molecule has 2 atom stereocenters. The average Bonchev–Trinajstić information content (AvgIpc) is 2.70. The van der Waals surface area contributed by atoms with Crippen molar-refractivity contribution >= 4 is 16.9 Å². The van der Waals surface area contributed by atoms with Crippen molar-refractivity contribution in [3.8, 4) is 0 Å². The average molecular weight is 364 g/mol. The Labute approximate surface area is 157 Å². The van der Waals surface area contributed by atoms with Gasteiger partial charge in [-0.3, -0.25) is 14.7 Å². The van der Waals surface area contributed by atoms with Gasteiger partial charge in [-0.05, 0) is 54.8 Å². The van der Waals surface area contributed by atoms with Gasteiger partial charge in [0, 0.05) is 18.1 Å². The Kier molecular flexibility index (Phi) is 4.86. The number of pyridine rings is 1. The molecule has 0 spiro atoms. The summed E-state index contributed by atoms with van der Waals surface area (Å²) < 4.78 is 13.5. The Hall–Kier alpha value is -2.79. The van der Waals surface area contributed by atoms with Gasteiger partial charge in [-0.15, -0.1) is 0 Å². The normalized spacial score (nSPS) is 19.1. The number of carboxylic acid groups (broad SMARTS) is 1. The highest BCUT2D eigenvalue weighted by Gasteiger charge is 2.32. The van der Waals surface area contributed by atoms with Crippen molar-refractivity contribution in [2.75, 3.05) is 13.1 Å². The minimum absolute atomic E-state index is 0.138. The summed E-state index contributed by atoms with van der Waals surface area (Å²) in [5, 5.41) is 10.5. The summed E-state index contributed by atoms with van der Waals surface area (Å²) >= 11 is 0. The molecule has 1 aromatic heterocycles. The van der Waals surface area contributed by atoms with E-state index < -0.39 is 5.97 Å². The van der Waals surface area contributed by atoms with Crippen molar-refractivity contribution in [3.05, 3.63) is 77.7 Å². The molecule has 1 fully saturated rings. The number of carboxylic acids is 1. The molecule has 2 heterocycles. The molecule has 3 aromatic rings. The number of hydrogen-bond acceptors (Lipinski definition) is 3. The van der Waals surface area contributed by atoms with Crippen LogP contribution in [0.3, 0.4) is 0 Å². The molecule has 2 aromatic carbocycles. The molecule has 138 valence electrons. The van der Waals surface area contributed by atoms with Crippen molar-refractivity contribution < 1.29 is 14.3 Å². The second-order valence-corrected chi connectivity index (χ2v) is 7.04. The molecule has 5 heteroatoms. The SMILES string of the molecule is O=C(O)C1CCCN(C(c2ccc(F)cc2)c2ccnc3ccccc23)C1. The fraction of sp³-hybridized carbons (Fsp3) is 0.273. The van der Waals surface area contributed by atoms with Gasteiger partial charge in [-0.2, -0.15) is 0 Å². The molecule has 1 aliphatic rings. The molecule has 0 radical (unpaired) electrons. The molecule has 0 amide bonds. The fourth-order valence-electron chi connectivity index (χ4n) is 4.03. The van der Waals surface area contributed by atoms with E-state index in [1.54, 1.807) is 18.3 Å². The molecular weight excluding hydrogens is 343 g/mol. The summed E-state index contributed by atoms with van der Waals surface area (Å²) in [6, 6.07) is 16.3. The number of fused-ring (bicyclic) bond motifs is 1. The first-order valence-corrected chi connectivity index (χ1v) is 9.19. The number of likely N-dealkylation sites (tertiary alicyclic amines) is 1. The number of piperidine rings is 1. The minimum Gasteiger partial charge on any atom is -0.481 e. The van der Waals surface area contributed by atoms with Crippen LogP contribution in [0.1, 0.15) is 30.0 Å². The van der Waals surface area contributed by atoms with Crippen LogP contribution in [0.25, 0.3) is 10.9 Å². The van der Waals surface area contributed by atoms with Crippen LogP contribution >= 0.6 is 0 Å². The van der Waals surface area contributed by atoms with E-state index in [9.17, 15) is 14.3 Å². The molecule has 0 bridgehead atoms. The van der Waals surface area contributed by atoms with E-state index in [4.69, 9.17) is 0 Å². The molecule has 0 saturated carbocycles. The molecule has 1 saturated heterocycles.